The fourth-order valence-electron chi connectivity index (χ4n) is 1.28. The van der Waals surface area contributed by atoms with Crippen LogP contribution in [-0.2, 0) is 19.6 Å². The smallest absolute Gasteiger partial charge is 0.305 e. The van der Waals surface area contributed by atoms with Crippen molar-refractivity contribution in [1.29, 1.82) is 0 Å². The van der Waals surface area contributed by atoms with E-state index in [-0.39, 0.29) is 23.1 Å². The van der Waals surface area contributed by atoms with Gasteiger partial charge in [-0.1, -0.05) is 11.6 Å². The zero-order chi connectivity index (χ0) is 14.6. The molecule has 1 rings (SSSR count). The average Bonchev–Trinajstić information content (AvgIpc) is 2.69. The molecular weight excluding hydrogens is 378 g/mol. The molecule has 9 heteroatoms. The van der Waals surface area contributed by atoms with Gasteiger partial charge in [0.15, 0.2) is 0 Å². The highest BCUT2D eigenvalue weighted by molar-refractivity contribution is 9.11. The Hall–Kier alpha value is -0.150. The summed E-state index contributed by atoms with van der Waals surface area (Å²) in [6.07, 6.45) is 0.591. The van der Waals surface area contributed by atoms with Crippen molar-refractivity contribution >= 4 is 54.9 Å². The molecule has 0 N–H and O–H groups in total. The van der Waals surface area contributed by atoms with Gasteiger partial charge in [0.2, 0.25) is 0 Å². The van der Waals surface area contributed by atoms with E-state index in [1.165, 1.54) is 24.5 Å². The fraction of sp³-hybridized carbons (Fsp3) is 0.500. The molecule has 0 aromatic carbocycles. The van der Waals surface area contributed by atoms with Crippen molar-refractivity contribution in [2.24, 2.45) is 0 Å². The number of esters is 1. The molecule has 5 nitrogen and oxygen atoms in total. The normalized spacial score (nSPS) is 11.8. The quantitative estimate of drug-likeness (QED) is 0.701. The molecule has 0 unspecified atom stereocenters. The van der Waals surface area contributed by atoms with Gasteiger partial charge < -0.3 is 4.74 Å². The molecule has 0 aliphatic rings. The number of methoxy groups -OCH3 is 1. The SMILES string of the molecule is COC(=O)CCCN(C)S(=O)(=O)c1cc(Cl)c(Br)s1. The Kier molecular flexibility index (Phi) is 6.25. The first-order valence-electron chi connectivity index (χ1n) is 5.27. The van der Waals surface area contributed by atoms with Crippen molar-refractivity contribution in [1.82, 2.24) is 4.31 Å². The van der Waals surface area contributed by atoms with E-state index in [1.54, 1.807) is 0 Å². The molecule has 1 aromatic rings. The van der Waals surface area contributed by atoms with Gasteiger partial charge in [0.1, 0.15) is 4.21 Å². The Bertz CT molecular complexity index is 538. The van der Waals surface area contributed by atoms with Gasteiger partial charge in [-0.2, -0.15) is 0 Å². The number of nitrogens with zero attached hydrogens (tertiary/aromatic N) is 1. The third-order valence-corrected chi connectivity index (χ3v) is 7.15. The molecule has 0 atom stereocenters. The summed E-state index contributed by atoms with van der Waals surface area (Å²) in [5, 5.41) is 0.367. The maximum Gasteiger partial charge on any atom is 0.305 e. The van der Waals surface area contributed by atoms with Gasteiger partial charge in [-0.25, -0.2) is 12.7 Å². The number of hydrogen-bond acceptors (Lipinski definition) is 5. The standard InChI is InChI=1S/C10H13BrClNO4S2/c1-13(5-3-4-8(14)17-2)19(15,16)9-6-7(12)10(11)18-9/h6H,3-5H2,1-2H3. The highest BCUT2D eigenvalue weighted by Crippen LogP contribution is 2.35. The first kappa shape index (κ1) is 16.9. The lowest BCUT2D eigenvalue weighted by molar-refractivity contribution is -0.140. The van der Waals surface area contributed by atoms with Crippen LogP contribution in [0.3, 0.4) is 0 Å². The number of thiophene rings is 1. The van der Waals surface area contributed by atoms with E-state index in [2.05, 4.69) is 20.7 Å². The van der Waals surface area contributed by atoms with E-state index in [1.807, 2.05) is 0 Å². The van der Waals surface area contributed by atoms with Crippen molar-refractivity contribution in [2.75, 3.05) is 20.7 Å². The zero-order valence-electron chi connectivity index (χ0n) is 10.4. The van der Waals surface area contributed by atoms with Crippen LogP contribution in [0.15, 0.2) is 14.1 Å². The Morgan fingerprint density at radius 3 is 2.68 bits per heavy atom. The van der Waals surface area contributed by atoms with Crippen molar-refractivity contribution < 1.29 is 17.9 Å². The third kappa shape index (κ3) is 4.42. The Morgan fingerprint density at radius 2 is 2.21 bits per heavy atom. The van der Waals surface area contributed by atoms with Gasteiger partial charge in [-0.3, -0.25) is 4.79 Å². The average molecular weight is 391 g/mol. The highest BCUT2D eigenvalue weighted by Gasteiger charge is 2.24. The summed E-state index contributed by atoms with van der Waals surface area (Å²) in [7, 11) is -0.794. The minimum absolute atomic E-state index is 0.171. The molecule has 0 saturated heterocycles. The van der Waals surface area contributed by atoms with Gasteiger partial charge in [0, 0.05) is 20.0 Å². The first-order chi connectivity index (χ1) is 8.78. The van der Waals surface area contributed by atoms with Crippen LogP contribution in [-0.4, -0.2) is 39.4 Å². The molecular formula is C10H13BrClNO4S2. The van der Waals surface area contributed by atoms with Crippen molar-refractivity contribution in [3.8, 4) is 0 Å². The summed E-state index contributed by atoms with van der Waals surface area (Å²) in [6.45, 7) is 0.241. The summed E-state index contributed by atoms with van der Waals surface area (Å²) in [4.78, 5) is 10.9. The Balaban J connectivity index is 2.69. The lowest BCUT2D eigenvalue weighted by atomic mass is 10.3. The summed E-state index contributed by atoms with van der Waals surface area (Å²) < 4.78 is 30.8. The Labute approximate surface area is 129 Å². The summed E-state index contributed by atoms with van der Waals surface area (Å²) in [5.41, 5.74) is 0. The molecule has 0 amide bonds. The van der Waals surface area contributed by atoms with Crippen LogP contribution in [0, 0.1) is 0 Å². The van der Waals surface area contributed by atoms with E-state index >= 15 is 0 Å². The van der Waals surface area contributed by atoms with Crippen LogP contribution >= 0.6 is 38.9 Å². The number of sulfonamides is 1. The fourth-order valence-corrected chi connectivity index (χ4v) is 5.10. The highest BCUT2D eigenvalue weighted by atomic mass is 79.9. The number of halogens is 2. The molecule has 1 aromatic heterocycles. The molecule has 0 bridgehead atoms. The number of hydrogen-bond donors (Lipinski definition) is 0. The van der Waals surface area contributed by atoms with E-state index in [4.69, 9.17) is 11.6 Å². The molecule has 0 saturated carbocycles. The van der Waals surface area contributed by atoms with Gasteiger partial charge in [-0.05, 0) is 28.4 Å². The van der Waals surface area contributed by atoms with E-state index < -0.39 is 10.0 Å². The van der Waals surface area contributed by atoms with Crippen LogP contribution in [0.25, 0.3) is 0 Å². The summed E-state index contributed by atoms with van der Waals surface area (Å²) in [5.74, 6) is -0.354. The van der Waals surface area contributed by atoms with E-state index in [9.17, 15) is 13.2 Å². The van der Waals surface area contributed by atoms with Crippen LogP contribution in [0.5, 0.6) is 0 Å². The van der Waals surface area contributed by atoms with Crippen LogP contribution in [0.4, 0.5) is 0 Å². The van der Waals surface area contributed by atoms with Crippen LogP contribution < -0.4 is 0 Å². The number of rotatable bonds is 6. The molecule has 0 spiro atoms. The van der Waals surface area contributed by atoms with E-state index in [0.29, 0.717) is 15.2 Å². The lowest BCUT2D eigenvalue weighted by Crippen LogP contribution is -2.27. The molecule has 0 fully saturated rings. The summed E-state index contributed by atoms with van der Waals surface area (Å²) in [6, 6.07) is 1.41. The predicted octanol–water partition coefficient (Wildman–Crippen LogP) is 2.74. The van der Waals surface area contributed by atoms with Crippen molar-refractivity contribution in [3.05, 3.63) is 14.9 Å². The molecule has 0 aliphatic carbocycles. The van der Waals surface area contributed by atoms with Gasteiger partial charge in [0.05, 0.1) is 15.9 Å². The second-order valence-electron chi connectivity index (χ2n) is 3.69. The third-order valence-electron chi connectivity index (χ3n) is 2.37. The van der Waals surface area contributed by atoms with Crippen molar-refractivity contribution in [2.45, 2.75) is 17.1 Å². The lowest BCUT2D eigenvalue weighted by Gasteiger charge is -2.15. The van der Waals surface area contributed by atoms with Crippen LogP contribution in [0.1, 0.15) is 12.8 Å². The second-order valence-corrected chi connectivity index (χ2v) is 8.74. The van der Waals surface area contributed by atoms with Crippen LogP contribution in [0.2, 0.25) is 5.02 Å². The molecule has 0 radical (unpaired) electrons. The van der Waals surface area contributed by atoms with Crippen molar-refractivity contribution in [3.63, 3.8) is 0 Å². The maximum absolute atomic E-state index is 12.2. The second kappa shape index (κ2) is 7.03. The topological polar surface area (TPSA) is 63.7 Å². The number of carbonyl (C=O) groups is 1. The molecule has 0 aliphatic heterocycles. The van der Waals surface area contributed by atoms with Gasteiger partial charge >= 0.3 is 5.97 Å². The predicted molar refractivity (Wildman–Crippen MR) is 78.1 cm³/mol. The minimum atomic E-state index is -3.56. The minimum Gasteiger partial charge on any atom is -0.469 e. The Morgan fingerprint density at radius 1 is 1.58 bits per heavy atom. The number of ether oxygens (including phenoxy) is 1. The monoisotopic (exact) mass is 389 g/mol. The maximum atomic E-state index is 12.2. The number of carbonyl (C=O) groups excluding carboxylic acids is 1. The van der Waals surface area contributed by atoms with Gasteiger partial charge in [-0.15, -0.1) is 11.3 Å². The molecule has 19 heavy (non-hydrogen) atoms. The largest absolute Gasteiger partial charge is 0.469 e. The first-order valence-corrected chi connectivity index (χ1v) is 8.69. The molecule has 1 heterocycles. The molecule has 108 valence electrons. The zero-order valence-corrected chi connectivity index (χ0v) is 14.3. The van der Waals surface area contributed by atoms with E-state index in [0.717, 1.165) is 11.3 Å². The summed E-state index contributed by atoms with van der Waals surface area (Å²) >= 11 is 10.1. The van der Waals surface area contributed by atoms with Gasteiger partial charge in [0.25, 0.3) is 10.0 Å².